The molecule has 0 N–H and O–H groups in total. The first kappa shape index (κ1) is 14.2. The Bertz CT molecular complexity index is 300. The molecule has 1 fully saturated rings. The fourth-order valence-corrected chi connectivity index (χ4v) is 3.63. The molecule has 0 saturated heterocycles. The zero-order chi connectivity index (χ0) is 12.8. The van der Waals surface area contributed by atoms with E-state index < -0.39 is 0 Å². The van der Waals surface area contributed by atoms with Crippen molar-refractivity contribution in [1.82, 2.24) is 0 Å². The van der Waals surface area contributed by atoms with Crippen LogP contribution in [0.4, 0.5) is 0 Å². The van der Waals surface area contributed by atoms with Crippen LogP contribution in [0.25, 0.3) is 0 Å². The van der Waals surface area contributed by atoms with Crippen molar-refractivity contribution in [2.24, 2.45) is 23.7 Å². The van der Waals surface area contributed by atoms with Gasteiger partial charge < -0.3 is 0 Å². The summed E-state index contributed by atoms with van der Waals surface area (Å²) >= 11 is 0. The summed E-state index contributed by atoms with van der Waals surface area (Å²) < 4.78 is 0. The second kappa shape index (κ2) is 6.76. The van der Waals surface area contributed by atoms with Gasteiger partial charge in [-0.3, -0.25) is 0 Å². The van der Waals surface area contributed by atoms with Gasteiger partial charge in [-0.15, -0.1) is 0 Å². The number of hydrogen-bond donors (Lipinski definition) is 0. The zero-order valence-electron chi connectivity index (χ0n) is 11.2. The predicted octanol–water partition coefficient (Wildman–Crippen LogP) is 3.83. The molecule has 1 saturated carbocycles. The van der Waals surface area contributed by atoms with Crippen LogP contribution in [0.3, 0.4) is 0 Å². The van der Waals surface area contributed by atoms with Crippen LogP contribution >= 0.6 is 0 Å². The quantitative estimate of drug-likeness (QED) is 0.648. The van der Waals surface area contributed by atoms with Gasteiger partial charge in [0.25, 0.3) is 0 Å². The maximum Gasteiger partial charge on any atom is 0.373 e. The third-order valence-corrected chi connectivity index (χ3v) is 4.64. The molecule has 2 heteroatoms. The van der Waals surface area contributed by atoms with Gasteiger partial charge in [-0.2, -0.15) is 9.59 Å². The van der Waals surface area contributed by atoms with Crippen LogP contribution in [-0.4, -0.2) is 6.15 Å². The summed E-state index contributed by atoms with van der Waals surface area (Å²) in [6, 6.07) is 0. The van der Waals surface area contributed by atoms with E-state index in [4.69, 9.17) is 9.59 Å². The Morgan fingerprint density at radius 1 is 1.29 bits per heavy atom. The summed E-state index contributed by atoms with van der Waals surface area (Å²) in [6.07, 6.45) is 10.0. The van der Waals surface area contributed by atoms with Gasteiger partial charge in [-0.1, -0.05) is 38.3 Å². The average molecular weight is 236 g/mol. The topological polar surface area (TPSA) is 34.1 Å². The molecule has 0 aliphatic heterocycles. The fraction of sp³-hybridized carbons (Fsp3) is 0.800. The molecule has 2 nitrogen and oxygen atoms in total. The van der Waals surface area contributed by atoms with E-state index in [1.807, 2.05) is 0 Å². The Labute approximate surface area is 104 Å². The summed E-state index contributed by atoms with van der Waals surface area (Å²) in [7, 11) is 0. The van der Waals surface area contributed by atoms with E-state index in [0.717, 1.165) is 23.7 Å². The zero-order valence-corrected chi connectivity index (χ0v) is 11.2. The van der Waals surface area contributed by atoms with Crippen LogP contribution in [0.1, 0.15) is 52.9 Å². The molecule has 4 atom stereocenters. The lowest BCUT2D eigenvalue weighted by molar-refractivity contribution is -0.191. The molecule has 0 aromatic carbocycles. The lowest BCUT2D eigenvalue weighted by Gasteiger charge is -2.43. The largest absolute Gasteiger partial charge is 0.373 e. The SMILES string of the molecule is CC[C@@H]1CC[C@@H](C)[C@@H]2CCC(C)=C[C@H]12.O=C=O. The minimum atomic E-state index is 0.250. The van der Waals surface area contributed by atoms with Crippen molar-refractivity contribution >= 4 is 6.15 Å². The molecule has 2 rings (SSSR count). The molecular formula is C15H24O2. The molecule has 0 heterocycles. The maximum absolute atomic E-state index is 8.12. The lowest BCUT2D eigenvalue weighted by atomic mass is 9.62. The number of allylic oxidation sites excluding steroid dienone is 2. The number of hydrogen-bond acceptors (Lipinski definition) is 2. The second-order valence-corrected chi connectivity index (χ2v) is 5.60. The van der Waals surface area contributed by atoms with Crippen LogP contribution in [0, 0.1) is 23.7 Å². The average Bonchev–Trinajstić information content (AvgIpc) is 2.30. The minimum absolute atomic E-state index is 0.250. The molecule has 0 amide bonds. The minimum Gasteiger partial charge on any atom is -0.186 e. The van der Waals surface area contributed by atoms with Gasteiger partial charge >= 0.3 is 6.15 Å². The highest BCUT2D eigenvalue weighted by atomic mass is 16.2. The van der Waals surface area contributed by atoms with E-state index in [0.29, 0.717) is 0 Å². The summed E-state index contributed by atoms with van der Waals surface area (Å²) in [4.78, 5) is 16.2. The van der Waals surface area contributed by atoms with E-state index in [1.165, 1.54) is 32.1 Å². The van der Waals surface area contributed by atoms with Gasteiger partial charge in [0.05, 0.1) is 0 Å². The molecule has 0 aromatic rings. The van der Waals surface area contributed by atoms with E-state index in [2.05, 4.69) is 26.8 Å². The molecule has 2 aliphatic carbocycles. The van der Waals surface area contributed by atoms with E-state index in [9.17, 15) is 0 Å². The molecule has 0 spiro atoms. The smallest absolute Gasteiger partial charge is 0.186 e. The lowest BCUT2D eigenvalue weighted by Crippen LogP contribution is -2.34. The first-order chi connectivity index (χ1) is 8.13. The van der Waals surface area contributed by atoms with Crippen molar-refractivity contribution in [2.45, 2.75) is 52.9 Å². The normalized spacial score (nSPS) is 35.8. The van der Waals surface area contributed by atoms with Gasteiger partial charge in [0.15, 0.2) is 0 Å². The summed E-state index contributed by atoms with van der Waals surface area (Å²) in [5.41, 5.74) is 1.65. The van der Waals surface area contributed by atoms with Crippen LogP contribution in [0.5, 0.6) is 0 Å². The van der Waals surface area contributed by atoms with Crippen molar-refractivity contribution in [3.05, 3.63) is 11.6 Å². The third-order valence-electron chi connectivity index (χ3n) is 4.64. The molecule has 0 radical (unpaired) electrons. The molecule has 2 aliphatic rings. The van der Waals surface area contributed by atoms with Crippen LogP contribution in [0.15, 0.2) is 11.6 Å². The molecule has 0 bridgehead atoms. The van der Waals surface area contributed by atoms with Crippen molar-refractivity contribution in [2.75, 3.05) is 0 Å². The highest BCUT2D eigenvalue weighted by molar-refractivity contribution is 5.20. The molecule has 0 unspecified atom stereocenters. The Balaban J connectivity index is 0.000000437. The summed E-state index contributed by atoms with van der Waals surface area (Å²) in [5.74, 6) is 3.91. The first-order valence-electron chi connectivity index (χ1n) is 6.80. The van der Waals surface area contributed by atoms with Crippen molar-refractivity contribution in [3.63, 3.8) is 0 Å². The summed E-state index contributed by atoms with van der Waals surface area (Å²) in [5, 5.41) is 0. The molecular weight excluding hydrogens is 212 g/mol. The van der Waals surface area contributed by atoms with E-state index in [1.54, 1.807) is 5.57 Å². The fourth-order valence-electron chi connectivity index (χ4n) is 3.63. The highest BCUT2D eigenvalue weighted by Gasteiger charge is 2.36. The van der Waals surface area contributed by atoms with E-state index >= 15 is 0 Å². The highest BCUT2D eigenvalue weighted by Crippen LogP contribution is 2.46. The van der Waals surface area contributed by atoms with Gasteiger partial charge in [0, 0.05) is 0 Å². The van der Waals surface area contributed by atoms with Crippen LogP contribution in [-0.2, 0) is 9.59 Å². The third kappa shape index (κ3) is 3.54. The molecule has 96 valence electrons. The van der Waals surface area contributed by atoms with Crippen molar-refractivity contribution < 1.29 is 9.59 Å². The Morgan fingerprint density at radius 2 is 1.94 bits per heavy atom. The Hall–Kier alpha value is -0.880. The van der Waals surface area contributed by atoms with Crippen LogP contribution in [0.2, 0.25) is 0 Å². The molecule has 0 aromatic heterocycles. The van der Waals surface area contributed by atoms with Gasteiger partial charge in [-0.25, -0.2) is 0 Å². The van der Waals surface area contributed by atoms with Crippen LogP contribution < -0.4 is 0 Å². The molecule has 17 heavy (non-hydrogen) atoms. The van der Waals surface area contributed by atoms with Crippen molar-refractivity contribution in [1.29, 1.82) is 0 Å². The summed E-state index contributed by atoms with van der Waals surface area (Å²) in [6.45, 7) is 7.16. The number of rotatable bonds is 1. The standard InChI is InChI=1S/C14H24.CO2/c1-4-12-7-6-11(3)13-8-5-10(2)9-14(12)13;2-1-3/h9,11-14H,4-8H2,1-3H3;/t11-,12-,13+,14-;/m1./s1. The van der Waals surface area contributed by atoms with Gasteiger partial charge in [-0.05, 0) is 49.9 Å². The van der Waals surface area contributed by atoms with Gasteiger partial charge in [0.1, 0.15) is 0 Å². The monoisotopic (exact) mass is 236 g/mol. The first-order valence-corrected chi connectivity index (χ1v) is 6.80. The van der Waals surface area contributed by atoms with E-state index in [-0.39, 0.29) is 6.15 Å². The Kier molecular flexibility index (Phi) is 5.64. The Morgan fingerprint density at radius 3 is 2.53 bits per heavy atom. The van der Waals surface area contributed by atoms with Gasteiger partial charge in [0.2, 0.25) is 0 Å². The number of fused-ring (bicyclic) bond motifs is 1. The number of carbonyl (C=O) groups excluding carboxylic acids is 2. The predicted molar refractivity (Wildman–Crippen MR) is 67.2 cm³/mol. The van der Waals surface area contributed by atoms with Crippen molar-refractivity contribution in [3.8, 4) is 0 Å². The second-order valence-electron chi connectivity index (χ2n) is 5.60. The maximum atomic E-state index is 8.12.